The van der Waals surface area contributed by atoms with E-state index >= 15 is 0 Å². The Balaban J connectivity index is 1.98. The van der Waals surface area contributed by atoms with E-state index in [2.05, 4.69) is 20.3 Å². The van der Waals surface area contributed by atoms with Gasteiger partial charge in [0.1, 0.15) is 18.3 Å². The fraction of sp³-hybridized carbons (Fsp3) is 0.0714. The number of anilines is 3. The zero-order chi connectivity index (χ0) is 14.8. The van der Waals surface area contributed by atoms with Gasteiger partial charge in [0.25, 0.3) is 0 Å². The van der Waals surface area contributed by atoms with E-state index in [9.17, 15) is 0 Å². The fourth-order valence-corrected chi connectivity index (χ4v) is 2.20. The minimum Gasteiger partial charge on any atom is -0.393 e. The number of aryl methyl sites for hydroxylation is 1. The van der Waals surface area contributed by atoms with E-state index in [1.165, 1.54) is 6.33 Å². The van der Waals surface area contributed by atoms with Crippen LogP contribution >= 0.6 is 11.6 Å². The van der Waals surface area contributed by atoms with Gasteiger partial charge >= 0.3 is 0 Å². The van der Waals surface area contributed by atoms with E-state index in [0.717, 1.165) is 11.3 Å². The zero-order valence-electron chi connectivity index (χ0n) is 11.3. The van der Waals surface area contributed by atoms with E-state index in [1.54, 1.807) is 23.3 Å². The number of hydrogen-bond donors (Lipinski definition) is 2. The summed E-state index contributed by atoms with van der Waals surface area (Å²) in [6, 6.07) is 5.57. The first-order valence-corrected chi connectivity index (χ1v) is 6.65. The largest absolute Gasteiger partial charge is 0.393 e. The summed E-state index contributed by atoms with van der Waals surface area (Å²) in [7, 11) is 0. The number of nitrogens with two attached hydrogens (primary N) is 1. The Morgan fingerprint density at radius 2 is 2.14 bits per heavy atom. The van der Waals surface area contributed by atoms with Crippen LogP contribution in [0.15, 0.2) is 43.2 Å². The molecular formula is C14H13ClN6. The van der Waals surface area contributed by atoms with E-state index in [0.29, 0.717) is 22.3 Å². The van der Waals surface area contributed by atoms with Crippen molar-refractivity contribution in [3.05, 3.63) is 53.8 Å². The quantitative estimate of drug-likeness (QED) is 0.777. The predicted octanol–water partition coefficient (Wildman–Crippen LogP) is 2.95. The predicted molar refractivity (Wildman–Crippen MR) is 83.0 cm³/mol. The minimum absolute atomic E-state index is 0.449. The molecule has 0 unspecified atom stereocenters. The number of aromatic nitrogens is 4. The summed E-state index contributed by atoms with van der Waals surface area (Å²) in [5, 5.41) is 3.89. The van der Waals surface area contributed by atoms with Crippen LogP contribution in [0.2, 0.25) is 5.02 Å². The summed E-state index contributed by atoms with van der Waals surface area (Å²) in [5.41, 5.74) is 8.48. The van der Waals surface area contributed by atoms with Gasteiger partial charge in [-0.1, -0.05) is 11.6 Å². The van der Waals surface area contributed by atoms with Crippen LogP contribution in [0.25, 0.3) is 5.82 Å². The Morgan fingerprint density at radius 1 is 1.29 bits per heavy atom. The van der Waals surface area contributed by atoms with Crippen molar-refractivity contribution in [2.24, 2.45) is 0 Å². The lowest BCUT2D eigenvalue weighted by molar-refractivity contribution is 0.977. The third-order valence-corrected chi connectivity index (χ3v) is 3.29. The molecule has 0 atom stereocenters. The maximum Gasteiger partial charge on any atom is 0.166 e. The maximum absolute atomic E-state index is 6.14. The van der Waals surface area contributed by atoms with Crippen molar-refractivity contribution >= 4 is 28.8 Å². The standard InChI is InChI=1S/C14H13ClN6/c1-9-6-10(15)2-3-11(9)20-13-12(16)14(19-7-18-13)21-5-4-17-8-21/h2-8H,16H2,1H3,(H,18,19,20). The molecule has 6 nitrogen and oxygen atoms in total. The molecule has 2 aromatic heterocycles. The van der Waals surface area contributed by atoms with Crippen molar-refractivity contribution in [3.63, 3.8) is 0 Å². The van der Waals surface area contributed by atoms with Crippen LogP contribution in [0.3, 0.4) is 0 Å². The summed E-state index contributed by atoms with van der Waals surface area (Å²) in [5.74, 6) is 1.12. The Morgan fingerprint density at radius 3 is 2.86 bits per heavy atom. The average Bonchev–Trinajstić information content (AvgIpc) is 2.98. The fourth-order valence-electron chi connectivity index (χ4n) is 1.97. The molecule has 0 fully saturated rings. The molecule has 21 heavy (non-hydrogen) atoms. The lowest BCUT2D eigenvalue weighted by Gasteiger charge is -2.13. The molecule has 0 spiro atoms. The highest BCUT2D eigenvalue weighted by Gasteiger charge is 2.10. The van der Waals surface area contributed by atoms with Crippen LogP contribution in [-0.2, 0) is 0 Å². The molecule has 0 aliphatic rings. The third-order valence-electron chi connectivity index (χ3n) is 3.05. The third kappa shape index (κ3) is 2.66. The summed E-state index contributed by atoms with van der Waals surface area (Å²) in [6.07, 6.45) is 6.53. The molecule has 0 radical (unpaired) electrons. The first-order chi connectivity index (χ1) is 10.1. The number of benzene rings is 1. The number of halogens is 1. The van der Waals surface area contributed by atoms with Gasteiger partial charge in [0.15, 0.2) is 11.6 Å². The van der Waals surface area contributed by atoms with Gasteiger partial charge in [-0.25, -0.2) is 15.0 Å². The molecule has 3 aromatic rings. The SMILES string of the molecule is Cc1cc(Cl)ccc1Nc1ncnc(-n2ccnc2)c1N. The molecule has 106 valence electrons. The van der Waals surface area contributed by atoms with Crippen LogP contribution in [0.1, 0.15) is 5.56 Å². The van der Waals surface area contributed by atoms with Crippen molar-refractivity contribution in [2.75, 3.05) is 11.1 Å². The van der Waals surface area contributed by atoms with E-state index in [-0.39, 0.29) is 0 Å². The number of nitrogens with one attached hydrogen (secondary N) is 1. The highest BCUT2D eigenvalue weighted by molar-refractivity contribution is 6.30. The molecule has 7 heteroatoms. The first kappa shape index (κ1) is 13.4. The number of imidazole rings is 1. The van der Waals surface area contributed by atoms with Crippen molar-refractivity contribution in [3.8, 4) is 5.82 Å². The summed E-state index contributed by atoms with van der Waals surface area (Å²) < 4.78 is 1.73. The first-order valence-electron chi connectivity index (χ1n) is 6.27. The van der Waals surface area contributed by atoms with Crippen molar-refractivity contribution in [1.29, 1.82) is 0 Å². The van der Waals surface area contributed by atoms with Gasteiger partial charge in [-0.3, -0.25) is 4.57 Å². The van der Waals surface area contributed by atoms with Crippen molar-refractivity contribution in [2.45, 2.75) is 6.92 Å². The lowest BCUT2D eigenvalue weighted by atomic mass is 10.2. The van der Waals surface area contributed by atoms with Crippen LogP contribution in [-0.4, -0.2) is 19.5 Å². The highest BCUT2D eigenvalue weighted by atomic mass is 35.5. The molecule has 0 bridgehead atoms. The molecule has 1 aromatic carbocycles. The molecule has 0 amide bonds. The summed E-state index contributed by atoms with van der Waals surface area (Å²) >= 11 is 5.96. The van der Waals surface area contributed by atoms with Crippen LogP contribution in [0.4, 0.5) is 17.2 Å². The maximum atomic E-state index is 6.14. The van der Waals surface area contributed by atoms with Gasteiger partial charge in [-0.2, -0.15) is 0 Å². The van der Waals surface area contributed by atoms with Crippen molar-refractivity contribution in [1.82, 2.24) is 19.5 Å². The minimum atomic E-state index is 0.449. The van der Waals surface area contributed by atoms with E-state index in [1.807, 2.05) is 25.1 Å². The second-order valence-electron chi connectivity index (χ2n) is 4.51. The van der Waals surface area contributed by atoms with Gasteiger partial charge in [0.05, 0.1) is 0 Å². The second kappa shape index (κ2) is 5.41. The second-order valence-corrected chi connectivity index (χ2v) is 4.95. The molecule has 0 aliphatic carbocycles. The summed E-state index contributed by atoms with van der Waals surface area (Å²) in [6.45, 7) is 1.96. The molecule has 2 heterocycles. The monoisotopic (exact) mass is 300 g/mol. The van der Waals surface area contributed by atoms with Gasteiger partial charge in [-0.05, 0) is 30.7 Å². The molecule has 0 aliphatic heterocycles. The normalized spacial score (nSPS) is 10.6. The van der Waals surface area contributed by atoms with Gasteiger partial charge in [0.2, 0.25) is 0 Å². The Labute approximate surface area is 126 Å². The van der Waals surface area contributed by atoms with Crippen LogP contribution in [0, 0.1) is 6.92 Å². The molecule has 3 rings (SSSR count). The van der Waals surface area contributed by atoms with Gasteiger partial charge in [0, 0.05) is 23.1 Å². The number of nitrogen functional groups attached to an aromatic ring is 1. The van der Waals surface area contributed by atoms with E-state index < -0.39 is 0 Å². The average molecular weight is 301 g/mol. The lowest BCUT2D eigenvalue weighted by Crippen LogP contribution is -2.07. The number of rotatable bonds is 3. The van der Waals surface area contributed by atoms with Gasteiger partial charge in [-0.15, -0.1) is 0 Å². The van der Waals surface area contributed by atoms with Crippen LogP contribution in [0.5, 0.6) is 0 Å². The Bertz CT molecular complexity index is 769. The number of nitrogens with zero attached hydrogens (tertiary/aromatic N) is 4. The zero-order valence-corrected chi connectivity index (χ0v) is 12.0. The Hall–Kier alpha value is -2.60. The highest BCUT2D eigenvalue weighted by Crippen LogP contribution is 2.27. The van der Waals surface area contributed by atoms with Gasteiger partial charge < -0.3 is 11.1 Å². The summed E-state index contributed by atoms with van der Waals surface area (Å²) in [4.78, 5) is 12.4. The molecule has 3 N–H and O–H groups in total. The molecular weight excluding hydrogens is 288 g/mol. The molecule has 0 saturated heterocycles. The number of hydrogen-bond acceptors (Lipinski definition) is 5. The van der Waals surface area contributed by atoms with E-state index in [4.69, 9.17) is 17.3 Å². The smallest absolute Gasteiger partial charge is 0.166 e. The van der Waals surface area contributed by atoms with Crippen LogP contribution < -0.4 is 11.1 Å². The van der Waals surface area contributed by atoms with Crippen molar-refractivity contribution < 1.29 is 0 Å². The topological polar surface area (TPSA) is 81.7 Å². The molecule has 0 saturated carbocycles. The Kier molecular flexibility index (Phi) is 3.45.